The minimum absolute atomic E-state index is 0.103. The summed E-state index contributed by atoms with van der Waals surface area (Å²) < 4.78 is 11.3. The van der Waals surface area contributed by atoms with Crippen molar-refractivity contribution < 1.29 is 14.3 Å². The zero-order valence-electron chi connectivity index (χ0n) is 10.9. The monoisotopic (exact) mass is 262 g/mol. The molecule has 1 amide bonds. The molecular weight excluding hydrogens is 244 g/mol. The molecule has 0 unspecified atom stereocenters. The average Bonchev–Trinajstić information content (AvgIpc) is 2.74. The van der Waals surface area contributed by atoms with Crippen LogP contribution in [0, 0.1) is 0 Å². The third-order valence-electron chi connectivity index (χ3n) is 3.56. The molecule has 5 nitrogen and oxygen atoms in total. The van der Waals surface area contributed by atoms with Crippen molar-refractivity contribution >= 4 is 5.91 Å². The van der Waals surface area contributed by atoms with Gasteiger partial charge in [0.15, 0.2) is 12.4 Å². The van der Waals surface area contributed by atoms with Gasteiger partial charge in [0.2, 0.25) is 0 Å². The minimum Gasteiger partial charge on any atom is -0.357 e. The molecule has 1 aromatic carbocycles. The molecule has 2 bridgehead atoms. The van der Waals surface area contributed by atoms with Gasteiger partial charge in [-0.3, -0.25) is 9.69 Å². The fourth-order valence-electron chi connectivity index (χ4n) is 2.66. The van der Waals surface area contributed by atoms with E-state index in [0.717, 1.165) is 13.1 Å². The Bertz CT molecular complexity index is 451. The predicted molar refractivity (Wildman–Crippen MR) is 69.3 cm³/mol. The van der Waals surface area contributed by atoms with E-state index < -0.39 is 6.10 Å². The first-order valence-corrected chi connectivity index (χ1v) is 6.55. The van der Waals surface area contributed by atoms with Crippen molar-refractivity contribution in [2.45, 2.75) is 25.0 Å². The van der Waals surface area contributed by atoms with Crippen molar-refractivity contribution in [1.29, 1.82) is 0 Å². The van der Waals surface area contributed by atoms with Crippen LogP contribution in [0.4, 0.5) is 0 Å². The van der Waals surface area contributed by atoms with Gasteiger partial charge in [-0.25, -0.2) is 0 Å². The summed E-state index contributed by atoms with van der Waals surface area (Å²) in [5, 5.41) is 2.62. The Kier molecular flexibility index (Phi) is 3.50. The summed E-state index contributed by atoms with van der Waals surface area (Å²) in [6.07, 6.45) is -0.928. The summed E-state index contributed by atoms with van der Waals surface area (Å²) in [7, 11) is 1.62. The molecule has 0 aliphatic carbocycles. The largest absolute Gasteiger partial charge is 0.357 e. The van der Waals surface area contributed by atoms with E-state index in [1.807, 2.05) is 18.2 Å². The van der Waals surface area contributed by atoms with Gasteiger partial charge in [-0.05, 0) is 5.56 Å². The highest BCUT2D eigenvalue weighted by Gasteiger charge is 2.45. The maximum absolute atomic E-state index is 11.7. The van der Waals surface area contributed by atoms with E-state index in [1.54, 1.807) is 7.05 Å². The molecule has 1 aromatic rings. The average molecular weight is 262 g/mol. The lowest BCUT2D eigenvalue weighted by molar-refractivity contribution is -0.134. The first kappa shape index (κ1) is 12.6. The predicted octanol–water partition coefficient (Wildman–Crippen LogP) is 0.358. The summed E-state index contributed by atoms with van der Waals surface area (Å²) in [6.45, 7) is 2.30. The van der Waals surface area contributed by atoms with Gasteiger partial charge < -0.3 is 14.8 Å². The Balaban J connectivity index is 1.64. The quantitative estimate of drug-likeness (QED) is 0.854. The third kappa shape index (κ3) is 2.63. The van der Waals surface area contributed by atoms with E-state index in [4.69, 9.17) is 9.47 Å². The first-order chi connectivity index (χ1) is 9.26. The van der Waals surface area contributed by atoms with E-state index in [9.17, 15) is 4.79 Å². The van der Waals surface area contributed by atoms with Crippen LogP contribution < -0.4 is 5.32 Å². The van der Waals surface area contributed by atoms with Crippen LogP contribution in [0.15, 0.2) is 30.3 Å². The van der Waals surface area contributed by atoms with Gasteiger partial charge in [-0.1, -0.05) is 30.3 Å². The second-order valence-corrected chi connectivity index (χ2v) is 4.95. The summed E-state index contributed by atoms with van der Waals surface area (Å²) in [4.78, 5) is 14.0. The van der Waals surface area contributed by atoms with Crippen molar-refractivity contribution in [2.24, 2.45) is 0 Å². The van der Waals surface area contributed by atoms with Gasteiger partial charge in [0, 0.05) is 20.1 Å². The van der Waals surface area contributed by atoms with E-state index in [1.165, 1.54) is 5.56 Å². The SMILES string of the molecule is CNC(=O)[C@H]1O[C@@H]2CN(Cc3ccccc3)C[C@H]1O2. The smallest absolute Gasteiger partial charge is 0.251 e. The van der Waals surface area contributed by atoms with Crippen LogP contribution in [0.5, 0.6) is 0 Å². The summed E-state index contributed by atoms with van der Waals surface area (Å²) in [5.74, 6) is -0.103. The number of amides is 1. The Morgan fingerprint density at radius 1 is 1.32 bits per heavy atom. The Morgan fingerprint density at radius 3 is 2.84 bits per heavy atom. The van der Waals surface area contributed by atoms with Crippen molar-refractivity contribution in [2.75, 3.05) is 20.1 Å². The molecule has 5 heteroatoms. The molecule has 1 N–H and O–H groups in total. The number of morpholine rings is 1. The minimum atomic E-state index is -0.476. The number of nitrogens with one attached hydrogen (secondary N) is 1. The maximum atomic E-state index is 11.7. The molecule has 2 aliphatic rings. The van der Waals surface area contributed by atoms with Crippen molar-refractivity contribution in [1.82, 2.24) is 10.2 Å². The number of likely N-dealkylation sites (N-methyl/N-ethyl adjacent to an activating group) is 1. The second-order valence-electron chi connectivity index (χ2n) is 4.95. The van der Waals surface area contributed by atoms with E-state index in [2.05, 4.69) is 22.3 Å². The van der Waals surface area contributed by atoms with Crippen LogP contribution in [0.2, 0.25) is 0 Å². The number of rotatable bonds is 3. The van der Waals surface area contributed by atoms with Crippen LogP contribution in [0.25, 0.3) is 0 Å². The van der Waals surface area contributed by atoms with Crippen LogP contribution in [-0.4, -0.2) is 49.4 Å². The highest BCUT2D eigenvalue weighted by molar-refractivity contribution is 5.81. The van der Waals surface area contributed by atoms with E-state index in [0.29, 0.717) is 6.54 Å². The van der Waals surface area contributed by atoms with Crippen LogP contribution in [0.1, 0.15) is 5.56 Å². The zero-order chi connectivity index (χ0) is 13.2. The van der Waals surface area contributed by atoms with Gasteiger partial charge in [0.1, 0.15) is 6.10 Å². The molecule has 0 saturated carbocycles. The highest BCUT2D eigenvalue weighted by atomic mass is 16.7. The number of carbonyl (C=O) groups is 1. The summed E-state index contributed by atoms with van der Waals surface area (Å²) in [6, 6.07) is 10.3. The Labute approximate surface area is 112 Å². The van der Waals surface area contributed by atoms with Crippen molar-refractivity contribution in [3.05, 3.63) is 35.9 Å². The molecule has 0 aromatic heterocycles. The molecule has 0 spiro atoms. The molecule has 102 valence electrons. The lowest BCUT2D eigenvalue weighted by atomic mass is 10.1. The van der Waals surface area contributed by atoms with Crippen molar-refractivity contribution in [3.63, 3.8) is 0 Å². The van der Waals surface area contributed by atoms with E-state index in [-0.39, 0.29) is 18.3 Å². The fourth-order valence-corrected chi connectivity index (χ4v) is 2.66. The Morgan fingerprint density at radius 2 is 2.11 bits per heavy atom. The number of hydrogen-bond donors (Lipinski definition) is 1. The molecule has 3 rings (SSSR count). The normalized spacial score (nSPS) is 30.3. The van der Waals surface area contributed by atoms with Gasteiger partial charge in [0.25, 0.3) is 5.91 Å². The molecule has 2 fully saturated rings. The lowest BCUT2D eigenvalue weighted by Crippen LogP contribution is -2.46. The van der Waals surface area contributed by atoms with E-state index >= 15 is 0 Å². The second kappa shape index (κ2) is 5.28. The number of nitrogens with zero attached hydrogens (tertiary/aromatic N) is 1. The lowest BCUT2D eigenvalue weighted by Gasteiger charge is -2.30. The third-order valence-corrected chi connectivity index (χ3v) is 3.56. The molecule has 3 atom stereocenters. The molecule has 2 aliphatic heterocycles. The van der Waals surface area contributed by atoms with Gasteiger partial charge >= 0.3 is 0 Å². The molecule has 2 saturated heterocycles. The first-order valence-electron chi connectivity index (χ1n) is 6.55. The molecule has 2 heterocycles. The zero-order valence-corrected chi connectivity index (χ0v) is 10.9. The summed E-state index contributed by atoms with van der Waals surface area (Å²) >= 11 is 0. The molecule has 0 radical (unpaired) electrons. The van der Waals surface area contributed by atoms with Gasteiger partial charge in [0.05, 0.1) is 6.54 Å². The number of fused-ring (bicyclic) bond motifs is 2. The molecule has 19 heavy (non-hydrogen) atoms. The van der Waals surface area contributed by atoms with Crippen LogP contribution >= 0.6 is 0 Å². The number of hydrogen-bond acceptors (Lipinski definition) is 4. The van der Waals surface area contributed by atoms with Crippen LogP contribution in [-0.2, 0) is 20.8 Å². The highest BCUT2D eigenvalue weighted by Crippen LogP contribution is 2.26. The summed E-state index contributed by atoms with van der Waals surface area (Å²) in [5.41, 5.74) is 1.26. The Hall–Kier alpha value is -1.43. The number of benzene rings is 1. The molecular formula is C14H18N2O3. The van der Waals surface area contributed by atoms with Gasteiger partial charge in [-0.2, -0.15) is 0 Å². The van der Waals surface area contributed by atoms with Crippen LogP contribution in [0.3, 0.4) is 0 Å². The number of carbonyl (C=O) groups excluding carboxylic acids is 1. The maximum Gasteiger partial charge on any atom is 0.251 e. The standard InChI is InChI=1S/C14H18N2O3/c1-15-14(17)13-11-8-16(9-12(18-11)19-13)7-10-5-3-2-4-6-10/h2-6,11-13H,7-9H2,1H3,(H,15,17)/t11-,12-,13+/m1/s1. The topological polar surface area (TPSA) is 50.8 Å². The fraction of sp³-hybridized carbons (Fsp3) is 0.500. The number of ether oxygens (including phenoxy) is 2. The van der Waals surface area contributed by atoms with Crippen molar-refractivity contribution in [3.8, 4) is 0 Å². The van der Waals surface area contributed by atoms with Gasteiger partial charge in [-0.15, -0.1) is 0 Å².